The molecule has 0 atom stereocenters. The molecule has 0 unspecified atom stereocenters. The summed E-state index contributed by atoms with van der Waals surface area (Å²) in [5.74, 6) is -1.69. The lowest BCUT2D eigenvalue weighted by Gasteiger charge is -2.26. The first-order valence-corrected chi connectivity index (χ1v) is 13.4. The number of hydrogen-bond acceptors (Lipinski definition) is 6. The van der Waals surface area contributed by atoms with Crippen molar-refractivity contribution in [3.63, 3.8) is 0 Å². The number of amides is 5. The van der Waals surface area contributed by atoms with E-state index in [0.29, 0.717) is 16.9 Å². The van der Waals surface area contributed by atoms with Crippen LogP contribution in [0.25, 0.3) is 6.08 Å². The number of nitrogens with zero attached hydrogens (tertiary/aromatic N) is 1. The molecular formula is C29H25BrClN3O6. The van der Waals surface area contributed by atoms with Crippen LogP contribution in [0.3, 0.4) is 0 Å². The van der Waals surface area contributed by atoms with Crippen molar-refractivity contribution in [2.75, 3.05) is 23.4 Å². The Kier molecular flexibility index (Phi) is 8.91. The SMILES string of the molecule is CCOc1cc(/C=C2\C(=O)NC(=O)N(c3ccc(Br)cc3)C2=O)cc(Cl)c1OCC(=O)Nc1ccc(C)c(C)c1. The number of rotatable bonds is 8. The van der Waals surface area contributed by atoms with Gasteiger partial charge in [-0.1, -0.05) is 33.6 Å². The second-order valence-corrected chi connectivity index (χ2v) is 10.2. The molecule has 0 bridgehead atoms. The van der Waals surface area contributed by atoms with Crippen LogP contribution in [0.5, 0.6) is 11.5 Å². The van der Waals surface area contributed by atoms with Crippen LogP contribution in [0.2, 0.25) is 5.02 Å². The molecule has 9 nitrogen and oxygen atoms in total. The van der Waals surface area contributed by atoms with Crippen LogP contribution < -0.4 is 25.0 Å². The largest absolute Gasteiger partial charge is 0.490 e. The number of urea groups is 1. The third-order valence-electron chi connectivity index (χ3n) is 5.97. The van der Waals surface area contributed by atoms with Crippen LogP contribution in [-0.4, -0.2) is 37.0 Å². The number of hydrogen-bond donors (Lipinski definition) is 2. The van der Waals surface area contributed by atoms with E-state index < -0.39 is 23.8 Å². The molecule has 0 radical (unpaired) electrons. The molecule has 40 heavy (non-hydrogen) atoms. The Morgan fingerprint density at radius 1 is 1.02 bits per heavy atom. The van der Waals surface area contributed by atoms with Crippen LogP contribution in [0.4, 0.5) is 16.2 Å². The molecule has 11 heteroatoms. The fourth-order valence-corrected chi connectivity index (χ4v) is 4.42. The van der Waals surface area contributed by atoms with Crippen LogP contribution in [0, 0.1) is 13.8 Å². The standard InChI is InChI=1S/C29H25BrClN3O6/c1-4-39-24-14-18(12-22-27(36)33-29(38)34(28(22)37)21-9-6-19(30)7-10-21)13-23(31)26(24)40-15-25(35)32-20-8-5-16(2)17(3)11-20/h5-14H,4,15H2,1-3H3,(H,32,35)(H,33,36,38)/b22-12+. The molecule has 206 valence electrons. The van der Waals surface area contributed by atoms with Gasteiger partial charge in [-0.15, -0.1) is 0 Å². The Labute approximate surface area is 244 Å². The first-order chi connectivity index (χ1) is 19.1. The van der Waals surface area contributed by atoms with E-state index in [2.05, 4.69) is 26.6 Å². The van der Waals surface area contributed by atoms with E-state index in [0.717, 1.165) is 20.5 Å². The Morgan fingerprint density at radius 2 is 1.75 bits per heavy atom. The Hall–Kier alpha value is -4.15. The highest BCUT2D eigenvalue weighted by atomic mass is 79.9. The molecule has 0 aliphatic carbocycles. The summed E-state index contributed by atoms with van der Waals surface area (Å²) in [6.07, 6.45) is 1.31. The van der Waals surface area contributed by atoms with Gasteiger partial charge in [-0.3, -0.25) is 19.7 Å². The molecule has 5 amide bonds. The van der Waals surface area contributed by atoms with Crippen molar-refractivity contribution in [3.8, 4) is 11.5 Å². The maximum absolute atomic E-state index is 13.2. The summed E-state index contributed by atoms with van der Waals surface area (Å²) in [6.45, 7) is 5.61. The average Bonchev–Trinajstić information content (AvgIpc) is 2.89. The summed E-state index contributed by atoms with van der Waals surface area (Å²) in [7, 11) is 0. The molecule has 1 aliphatic heterocycles. The molecule has 1 fully saturated rings. The maximum Gasteiger partial charge on any atom is 0.335 e. The number of imide groups is 2. The third kappa shape index (κ3) is 6.52. The van der Waals surface area contributed by atoms with Crippen LogP contribution in [0.15, 0.2) is 64.6 Å². The van der Waals surface area contributed by atoms with Crippen molar-refractivity contribution in [3.05, 3.63) is 86.4 Å². The first kappa shape index (κ1) is 28.8. The molecule has 1 aliphatic rings. The lowest BCUT2D eigenvalue weighted by Crippen LogP contribution is -2.54. The number of aryl methyl sites for hydroxylation is 2. The molecule has 1 heterocycles. The maximum atomic E-state index is 13.2. The highest BCUT2D eigenvalue weighted by molar-refractivity contribution is 9.10. The number of ether oxygens (including phenoxy) is 2. The van der Waals surface area contributed by atoms with Crippen LogP contribution >= 0.6 is 27.5 Å². The minimum atomic E-state index is -0.856. The normalized spacial score (nSPS) is 14.3. The zero-order valence-corrected chi connectivity index (χ0v) is 24.2. The first-order valence-electron chi connectivity index (χ1n) is 12.2. The zero-order valence-electron chi connectivity index (χ0n) is 21.8. The van der Waals surface area contributed by atoms with Crippen molar-refractivity contribution in [2.45, 2.75) is 20.8 Å². The summed E-state index contributed by atoms with van der Waals surface area (Å²) in [5, 5.41) is 5.06. The average molecular weight is 627 g/mol. The number of halogens is 2. The molecule has 3 aromatic carbocycles. The van der Waals surface area contributed by atoms with Gasteiger partial charge < -0.3 is 14.8 Å². The Bertz CT molecular complexity index is 1540. The van der Waals surface area contributed by atoms with Crippen molar-refractivity contribution in [2.24, 2.45) is 0 Å². The van der Waals surface area contributed by atoms with E-state index in [4.69, 9.17) is 21.1 Å². The smallest absolute Gasteiger partial charge is 0.335 e. The van der Waals surface area contributed by atoms with Gasteiger partial charge in [0.1, 0.15) is 5.57 Å². The summed E-state index contributed by atoms with van der Waals surface area (Å²) < 4.78 is 12.1. The quantitative estimate of drug-likeness (QED) is 0.241. The predicted octanol–water partition coefficient (Wildman–Crippen LogP) is 5.80. The number of carbonyl (C=O) groups is 4. The number of nitrogens with one attached hydrogen (secondary N) is 2. The van der Waals surface area contributed by atoms with Crippen LogP contribution in [0.1, 0.15) is 23.6 Å². The lowest BCUT2D eigenvalue weighted by molar-refractivity contribution is -0.122. The second kappa shape index (κ2) is 12.4. The van der Waals surface area contributed by atoms with E-state index in [1.54, 1.807) is 37.3 Å². The van der Waals surface area contributed by atoms with Gasteiger partial charge in [-0.05, 0) is 92.1 Å². The summed E-state index contributed by atoms with van der Waals surface area (Å²) >= 11 is 9.79. The lowest BCUT2D eigenvalue weighted by atomic mass is 10.1. The molecule has 0 spiro atoms. The van der Waals surface area contributed by atoms with Gasteiger partial charge in [-0.2, -0.15) is 0 Å². The number of anilines is 2. The topological polar surface area (TPSA) is 114 Å². The van der Waals surface area contributed by atoms with E-state index >= 15 is 0 Å². The molecule has 3 aromatic rings. The van der Waals surface area contributed by atoms with Crippen molar-refractivity contribution >= 4 is 68.7 Å². The summed E-state index contributed by atoms with van der Waals surface area (Å²) in [5.41, 5.74) is 3.16. The fraction of sp³-hybridized carbons (Fsp3) is 0.172. The van der Waals surface area contributed by atoms with E-state index in [1.165, 1.54) is 18.2 Å². The number of benzene rings is 3. The van der Waals surface area contributed by atoms with E-state index in [1.807, 2.05) is 26.0 Å². The van der Waals surface area contributed by atoms with Crippen molar-refractivity contribution in [1.82, 2.24) is 5.32 Å². The van der Waals surface area contributed by atoms with Gasteiger partial charge in [0, 0.05) is 10.2 Å². The van der Waals surface area contributed by atoms with Gasteiger partial charge in [-0.25, -0.2) is 9.69 Å². The van der Waals surface area contributed by atoms with Gasteiger partial charge in [0.05, 0.1) is 17.3 Å². The number of barbiturate groups is 1. The predicted molar refractivity (Wildman–Crippen MR) is 156 cm³/mol. The second-order valence-electron chi connectivity index (χ2n) is 8.83. The minimum absolute atomic E-state index is 0.0984. The summed E-state index contributed by atoms with van der Waals surface area (Å²) in [6, 6.07) is 14.2. The van der Waals surface area contributed by atoms with E-state index in [-0.39, 0.29) is 35.3 Å². The number of carbonyl (C=O) groups excluding carboxylic acids is 4. The molecular weight excluding hydrogens is 602 g/mol. The van der Waals surface area contributed by atoms with Crippen molar-refractivity contribution in [1.29, 1.82) is 0 Å². The fourth-order valence-electron chi connectivity index (χ4n) is 3.88. The van der Waals surface area contributed by atoms with Crippen molar-refractivity contribution < 1.29 is 28.7 Å². The third-order valence-corrected chi connectivity index (χ3v) is 6.78. The van der Waals surface area contributed by atoms with Crippen LogP contribution in [-0.2, 0) is 14.4 Å². The van der Waals surface area contributed by atoms with Gasteiger partial charge >= 0.3 is 6.03 Å². The molecule has 2 N–H and O–H groups in total. The van der Waals surface area contributed by atoms with Gasteiger partial charge in [0.25, 0.3) is 17.7 Å². The van der Waals surface area contributed by atoms with Gasteiger partial charge in [0.15, 0.2) is 18.1 Å². The summed E-state index contributed by atoms with van der Waals surface area (Å²) in [4.78, 5) is 51.6. The monoisotopic (exact) mass is 625 g/mol. The van der Waals surface area contributed by atoms with Gasteiger partial charge in [0.2, 0.25) is 0 Å². The molecule has 4 rings (SSSR count). The zero-order chi connectivity index (χ0) is 29.0. The Morgan fingerprint density at radius 3 is 2.42 bits per heavy atom. The molecule has 0 saturated carbocycles. The van der Waals surface area contributed by atoms with E-state index in [9.17, 15) is 19.2 Å². The Balaban J connectivity index is 1.57. The minimum Gasteiger partial charge on any atom is -0.490 e. The molecule has 1 saturated heterocycles. The highest BCUT2D eigenvalue weighted by Crippen LogP contribution is 2.37. The molecule has 0 aromatic heterocycles. The highest BCUT2D eigenvalue weighted by Gasteiger charge is 2.36.